The van der Waals surface area contributed by atoms with Crippen molar-refractivity contribution in [3.05, 3.63) is 0 Å². The molecule has 1 aliphatic carbocycles. The zero-order chi connectivity index (χ0) is 11.8. The molecule has 0 aromatic rings. The number of carbonyl (C=O) groups excluding carboxylic acids is 1. The summed E-state index contributed by atoms with van der Waals surface area (Å²) in [6, 6.07) is 0. The highest BCUT2D eigenvalue weighted by Crippen LogP contribution is 2.57. The Bertz CT molecular complexity index is 285. The number of epoxide rings is 1. The molecule has 0 aromatic carbocycles. The van der Waals surface area contributed by atoms with Gasteiger partial charge in [0.1, 0.15) is 5.60 Å². The average Bonchev–Trinajstić information content (AvgIpc) is 3.09. The van der Waals surface area contributed by atoms with Crippen molar-refractivity contribution < 1.29 is 14.3 Å². The topological polar surface area (TPSA) is 38.8 Å². The summed E-state index contributed by atoms with van der Waals surface area (Å²) in [4.78, 5) is 12.0. The third-order valence-corrected chi connectivity index (χ3v) is 3.79. The van der Waals surface area contributed by atoms with Crippen LogP contribution in [-0.4, -0.2) is 23.8 Å². The maximum atomic E-state index is 12.0. The molecule has 0 amide bonds. The largest absolute Gasteiger partial charge is 0.464 e. The summed E-state index contributed by atoms with van der Waals surface area (Å²) in [6.45, 7) is 6.43. The summed E-state index contributed by atoms with van der Waals surface area (Å²) in [5.41, 5.74) is -0.878. The Labute approximate surface area is 97.5 Å². The van der Waals surface area contributed by atoms with E-state index in [9.17, 15) is 4.79 Å². The highest BCUT2D eigenvalue weighted by atomic mass is 16.7. The van der Waals surface area contributed by atoms with Crippen molar-refractivity contribution in [2.24, 2.45) is 5.92 Å². The fourth-order valence-corrected chi connectivity index (χ4v) is 2.71. The monoisotopic (exact) mass is 226 g/mol. The molecule has 2 unspecified atom stereocenters. The molecule has 0 spiro atoms. The van der Waals surface area contributed by atoms with E-state index in [0.29, 0.717) is 6.61 Å². The van der Waals surface area contributed by atoms with Gasteiger partial charge in [0.15, 0.2) is 5.60 Å². The van der Waals surface area contributed by atoms with Crippen molar-refractivity contribution in [1.82, 2.24) is 0 Å². The van der Waals surface area contributed by atoms with Crippen LogP contribution in [0.3, 0.4) is 0 Å². The lowest BCUT2D eigenvalue weighted by atomic mass is 9.86. The molecular weight excluding hydrogens is 204 g/mol. The average molecular weight is 226 g/mol. The molecule has 16 heavy (non-hydrogen) atoms. The molecule has 1 saturated heterocycles. The maximum Gasteiger partial charge on any atom is 0.341 e. The number of esters is 1. The second-order valence-electron chi connectivity index (χ2n) is 5.28. The van der Waals surface area contributed by atoms with Gasteiger partial charge < -0.3 is 9.47 Å². The van der Waals surface area contributed by atoms with Gasteiger partial charge in [-0.3, -0.25) is 0 Å². The van der Waals surface area contributed by atoms with Crippen LogP contribution in [0.2, 0.25) is 0 Å². The number of ether oxygens (including phenoxy) is 2. The normalized spacial score (nSPS) is 37.2. The summed E-state index contributed by atoms with van der Waals surface area (Å²) in [6.07, 6.45) is 5.36. The Hall–Kier alpha value is -0.570. The maximum absolute atomic E-state index is 12.0. The first-order valence-corrected chi connectivity index (χ1v) is 6.45. The number of hydrogen-bond acceptors (Lipinski definition) is 3. The first kappa shape index (κ1) is 11.9. The Morgan fingerprint density at radius 1 is 1.44 bits per heavy atom. The third kappa shape index (κ3) is 1.86. The smallest absolute Gasteiger partial charge is 0.341 e. The van der Waals surface area contributed by atoms with Gasteiger partial charge in [0.05, 0.1) is 6.61 Å². The Morgan fingerprint density at radius 2 is 2.12 bits per heavy atom. The SMILES string of the molecule is CCCC1(C(=O)OCC)OC1(C)CC1CC1. The highest BCUT2D eigenvalue weighted by Gasteiger charge is 2.72. The van der Waals surface area contributed by atoms with Crippen molar-refractivity contribution in [2.45, 2.75) is 64.1 Å². The van der Waals surface area contributed by atoms with Crippen LogP contribution in [0.4, 0.5) is 0 Å². The zero-order valence-electron chi connectivity index (χ0n) is 10.5. The third-order valence-electron chi connectivity index (χ3n) is 3.79. The van der Waals surface area contributed by atoms with Crippen molar-refractivity contribution in [1.29, 1.82) is 0 Å². The highest BCUT2D eigenvalue weighted by molar-refractivity contribution is 5.84. The predicted octanol–water partition coefficient (Wildman–Crippen LogP) is 2.68. The minimum absolute atomic E-state index is 0.153. The van der Waals surface area contributed by atoms with Crippen LogP contribution >= 0.6 is 0 Å². The molecule has 92 valence electrons. The molecule has 0 aromatic heterocycles. The first-order valence-electron chi connectivity index (χ1n) is 6.45. The molecule has 3 nitrogen and oxygen atoms in total. The van der Waals surface area contributed by atoms with Gasteiger partial charge in [0.25, 0.3) is 0 Å². The van der Waals surface area contributed by atoms with Crippen LogP contribution in [0, 0.1) is 5.92 Å². The summed E-state index contributed by atoms with van der Waals surface area (Å²) < 4.78 is 11.0. The van der Waals surface area contributed by atoms with Gasteiger partial charge in [-0.25, -0.2) is 4.79 Å². The lowest BCUT2D eigenvalue weighted by Gasteiger charge is -2.14. The van der Waals surface area contributed by atoms with Crippen LogP contribution in [0.25, 0.3) is 0 Å². The Kier molecular flexibility index (Phi) is 2.99. The number of hydrogen-bond donors (Lipinski definition) is 0. The summed E-state index contributed by atoms with van der Waals surface area (Å²) in [5, 5.41) is 0. The molecule has 2 rings (SSSR count). The standard InChI is InChI=1S/C13H22O3/c1-4-8-13(11(14)15-5-2)12(3,16-13)9-10-6-7-10/h10H,4-9H2,1-3H3. The van der Waals surface area contributed by atoms with E-state index >= 15 is 0 Å². The summed E-state index contributed by atoms with van der Waals surface area (Å²) in [5.74, 6) is 0.623. The van der Waals surface area contributed by atoms with E-state index in [4.69, 9.17) is 9.47 Å². The lowest BCUT2D eigenvalue weighted by molar-refractivity contribution is -0.149. The van der Waals surface area contributed by atoms with E-state index in [0.717, 1.165) is 25.2 Å². The van der Waals surface area contributed by atoms with Crippen molar-refractivity contribution in [2.75, 3.05) is 6.61 Å². The fourth-order valence-electron chi connectivity index (χ4n) is 2.71. The van der Waals surface area contributed by atoms with E-state index in [1.807, 2.05) is 6.92 Å². The molecule has 0 N–H and O–H groups in total. The van der Waals surface area contributed by atoms with E-state index in [1.54, 1.807) is 0 Å². The van der Waals surface area contributed by atoms with Crippen molar-refractivity contribution >= 4 is 5.97 Å². The van der Waals surface area contributed by atoms with E-state index < -0.39 is 5.60 Å². The van der Waals surface area contributed by atoms with Gasteiger partial charge in [0.2, 0.25) is 0 Å². The molecule has 1 saturated carbocycles. The van der Waals surface area contributed by atoms with Crippen LogP contribution in [-0.2, 0) is 14.3 Å². The fraction of sp³-hybridized carbons (Fsp3) is 0.923. The van der Waals surface area contributed by atoms with Crippen molar-refractivity contribution in [3.63, 3.8) is 0 Å². The predicted molar refractivity (Wildman–Crippen MR) is 61.1 cm³/mol. The molecule has 0 radical (unpaired) electrons. The molecule has 1 heterocycles. The second-order valence-corrected chi connectivity index (χ2v) is 5.28. The molecule has 0 bridgehead atoms. The van der Waals surface area contributed by atoms with Crippen LogP contribution in [0.1, 0.15) is 52.9 Å². The van der Waals surface area contributed by atoms with Gasteiger partial charge >= 0.3 is 5.97 Å². The lowest BCUT2D eigenvalue weighted by Crippen LogP contribution is -2.34. The Balaban J connectivity index is 2.03. The van der Waals surface area contributed by atoms with Gasteiger partial charge in [-0.05, 0) is 32.6 Å². The molecule has 3 heteroatoms. The first-order chi connectivity index (χ1) is 7.58. The molecule has 1 aliphatic heterocycles. The molecule has 2 fully saturated rings. The van der Waals surface area contributed by atoms with Gasteiger partial charge in [0, 0.05) is 0 Å². The second kappa shape index (κ2) is 4.02. The molecular formula is C13H22O3. The van der Waals surface area contributed by atoms with E-state index in [1.165, 1.54) is 12.8 Å². The van der Waals surface area contributed by atoms with E-state index in [2.05, 4.69) is 13.8 Å². The minimum Gasteiger partial charge on any atom is -0.464 e. The van der Waals surface area contributed by atoms with E-state index in [-0.39, 0.29) is 11.6 Å². The van der Waals surface area contributed by atoms with Gasteiger partial charge in [-0.1, -0.05) is 26.2 Å². The summed E-state index contributed by atoms with van der Waals surface area (Å²) in [7, 11) is 0. The summed E-state index contributed by atoms with van der Waals surface area (Å²) >= 11 is 0. The quantitative estimate of drug-likeness (QED) is 0.516. The van der Waals surface area contributed by atoms with Crippen LogP contribution < -0.4 is 0 Å². The zero-order valence-corrected chi connectivity index (χ0v) is 10.5. The van der Waals surface area contributed by atoms with Crippen molar-refractivity contribution in [3.8, 4) is 0 Å². The number of rotatable bonds is 6. The van der Waals surface area contributed by atoms with Gasteiger partial charge in [-0.15, -0.1) is 0 Å². The molecule has 2 aliphatic rings. The molecule has 2 atom stereocenters. The van der Waals surface area contributed by atoms with Gasteiger partial charge in [-0.2, -0.15) is 0 Å². The Morgan fingerprint density at radius 3 is 2.62 bits per heavy atom. The minimum atomic E-state index is -0.625. The van der Waals surface area contributed by atoms with Crippen LogP contribution in [0.15, 0.2) is 0 Å². The number of carbonyl (C=O) groups is 1. The van der Waals surface area contributed by atoms with Crippen LogP contribution in [0.5, 0.6) is 0 Å².